The topological polar surface area (TPSA) is 41.1 Å². The molecule has 1 aliphatic carbocycles. The Morgan fingerprint density at radius 1 is 0.794 bits per heavy atom. The van der Waals surface area contributed by atoms with Crippen LogP contribution in [-0.4, -0.2) is 12.5 Å². The van der Waals surface area contributed by atoms with E-state index in [1.165, 1.54) is 49.7 Å². The maximum absolute atomic E-state index is 12.4. The molecule has 0 saturated heterocycles. The van der Waals surface area contributed by atoms with Crippen molar-refractivity contribution in [2.75, 3.05) is 11.9 Å². The molecule has 3 aromatic carbocycles. The Balaban J connectivity index is 1.16. The molecular formula is C30H35ClN2O. The van der Waals surface area contributed by atoms with E-state index in [-0.39, 0.29) is 5.91 Å². The predicted molar refractivity (Wildman–Crippen MR) is 143 cm³/mol. The molecule has 3 nitrogen and oxygen atoms in total. The minimum absolute atomic E-state index is 0.0349. The van der Waals surface area contributed by atoms with Gasteiger partial charge in [-0.2, -0.15) is 0 Å². The number of anilines is 1. The zero-order valence-corrected chi connectivity index (χ0v) is 20.6. The molecule has 4 heteroatoms. The second kappa shape index (κ2) is 12.7. The Morgan fingerprint density at radius 3 is 2.09 bits per heavy atom. The highest BCUT2D eigenvalue weighted by molar-refractivity contribution is 6.30. The highest BCUT2D eigenvalue weighted by Gasteiger charge is 2.12. The summed E-state index contributed by atoms with van der Waals surface area (Å²) in [6.07, 6.45) is 9.61. The zero-order chi connectivity index (χ0) is 23.6. The van der Waals surface area contributed by atoms with Crippen molar-refractivity contribution in [2.24, 2.45) is 5.92 Å². The third kappa shape index (κ3) is 7.72. The Labute approximate surface area is 208 Å². The van der Waals surface area contributed by atoms with Crippen molar-refractivity contribution < 1.29 is 4.79 Å². The molecule has 34 heavy (non-hydrogen) atoms. The largest absolute Gasteiger partial charge is 0.326 e. The molecule has 2 N–H and O–H groups in total. The van der Waals surface area contributed by atoms with Crippen LogP contribution in [0.1, 0.15) is 56.1 Å². The molecule has 1 saturated carbocycles. The van der Waals surface area contributed by atoms with E-state index in [9.17, 15) is 4.79 Å². The number of benzene rings is 3. The second-order valence-electron chi connectivity index (χ2n) is 9.42. The summed E-state index contributed by atoms with van der Waals surface area (Å²) in [6, 6.07) is 24.3. The molecule has 1 amide bonds. The Hall–Kier alpha value is -2.62. The van der Waals surface area contributed by atoms with Gasteiger partial charge in [0.15, 0.2) is 0 Å². The van der Waals surface area contributed by atoms with E-state index in [1.807, 2.05) is 48.5 Å². The van der Waals surface area contributed by atoms with Gasteiger partial charge in [-0.3, -0.25) is 4.79 Å². The average Bonchev–Trinajstić information content (AvgIpc) is 2.88. The summed E-state index contributed by atoms with van der Waals surface area (Å²) >= 11 is 5.96. The van der Waals surface area contributed by atoms with Crippen molar-refractivity contribution in [2.45, 2.75) is 57.9 Å². The van der Waals surface area contributed by atoms with E-state index < -0.39 is 0 Å². The molecule has 178 valence electrons. The molecular weight excluding hydrogens is 440 g/mol. The fourth-order valence-electron chi connectivity index (χ4n) is 4.71. The van der Waals surface area contributed by atoms with Gasteiger partial charge in [0.25, 0.3) is 0 Å². The van der Waals surface area contributed by atoms with E-state index in [0.29, 0.717) is 6.42 Å². The summed E-state index contributed by atoms with van der Waals surface area (Å²) < 4.78 is 0. The molecule has 0 unspecified atom stereocenters. The third-order valence-electron chi connectivity index (χ3n) is 6.79. The molecule has 0 radical (unpaired) electrons. The first-order chi connectivity index (χ1) is 16.7. The molecule has 0 atom stereocenters. The molecule has 3 aromatic rings. The minimum Gasteiger partial charge on any atom is -0.326 e. The van der Waals surface area contributed by atoms with Gasteiger partial charge >= 0.3 is 0 Å². The van der Waals surface area contributed by atoms with Gasteiger partial charge in [-0.1, -0.05) is 92.2 Å². The van der Waals surface area contributed by atoms with Crippen LogP contribution in [0.15, 0.2) is 72.8 Å². The SMILES string of the molecule is O=C(CCc1ccc(CNCCC2CCCCC2)cc1)Nc1ccc(-c2ccc(Cl)cc2)cc1. The number of rotatable bonds is 10. The van der Waals surface area contributed by atoms with E-state index in [1.54, 1.807) is 0 Å². The first-order valence-electron chi connectivity index (χ1n) is 12.6. The van der Waals surface area contributed by atoms with Gasteiger partial charge in [-0.05, 0) is 71.8 Å². The summed E-state index contributed by atoms with van der Waals surface area (Å²) in [5.74, 6) is 0.962. The molecule has 0 aromatic heterocycles. The molecule has 1 fully saturated rings. The van der Waals surface area contributed by atoms with Crippen LogP contribution in [0.4, 0.5) is 5.69 Å². The van der Waals surface area contributed by atoms with Crippen molar-refractivity contribution >= 4 is 23.2 Å². The highest BCUT2D eigenvalue weighted by atomic mass is 35.5. The standard InChI is InChI=1S/C30H35ClN2O/c31-28-15-11-26(12-16-28)27-13-17-29(18-14-27)33-30(34)19-10-24-6-8-25(9-7-24)22-32-21-20-23-4-2-1-3-5-23/h6-9,11-18,23,32H,1-5,10,19-22H2,(H,33,34). The minimum atomic E-state index is 0.0349. The van der Waals surface area contributed by atoms with Crippen LogP contribution in [0.25, 0.3) is 11.1 Å². The Bertz CT molecular complexity index is 1020. The van der Waals surface area contributed by atoms with Gasteiger partial charge < -0.3 is 10.6 Å². The number of hydrogen-bond acceptors (Lipinski definition) is 2. The van der Waals surface area contributed by atoms with Crippen molar-refractivity contribution in [3.63, 3.8) is 0 Å². The fourth-order valence-corrected chi connectivity index (χ4v) is 4.83. The number of halogens is 1. The van der Waals surface area contributed by atoms with Crippen LogP contribution in [0.2, 0.25) is 5.02 Å². The number of aryl methyl sites for hydroxylation is 1. The number of carbonyl (C=O) groups is 1. The highest BCUT2D eigenvalue weighted by Crippen LogP contribution is 2.26. The van der Waals surface area contributed by atoms with Crippen molar-refractivity contribution in [3.05, 3.63) is 88.9 Å². The van der Waals surface area contributed by atoms with Crippen molar-refractivity contribution in [3.8, 4) is 11.1 Å². The summed E-state index contributed by atoms with van der Waals surface area (Å²) in [4.78, 5) is 12.4. The van der Waals surface area contributed by atoms with Crippen LogP contribution >= 0.6 is 11.6 Å². The Kier molecular flexibility index (Phi) is 9.18. The van der Waals surface area contributed by atoms with Crippen LogP contribution in [0.5, 0.6) is 0 Å². The first kappa shape index (κ1) is 24.5. The number of carbonyl (C=O) groups excluding carboxylic acids is 1. The van der Waals surface area contributed by atoms with Crippen LogP contribution in [0.3, 0.4) is 0 Å². The number of hydrogen-bond donors (Lipinski definition) is 2. The normalized spacial score (nSPS) is 14.1. The van der Waals surface area contributed by atoms with Crippen molar-refractivity contribution in [1.29, 1.82) is 0 Å². The number of nitrogens with one attached hydrogen (secondary N) is 2. The smallest absolute Gasteiger partial charge is 0.224 e. The summed E-state index contributed by atoms with van der Waals surface area (Å²) in [5, 5.41) is 7.32. The summed E-state index contributed by atoms with van der Waals surface area (Å²) in [6.45, 7) is 2.02. The second-order valence-corrected chi connectivity index (χ2v) is 9.85. The number of amides is 1. The average molecular weight is 475 g/mol. The maximum Gasteiger partial charge on any atom is 0.224 e. The van der Waals surface area contributed by atoms with E-state index in [4.69, 9.17) is 11.6 Å². The lowest BCUT2D eigenvalue weighted by molar-refractivity contribution is -0.116. The van der Waals surface area contributed by atoms with Crippen LogP contribution in [-0.2, 0) is 17.8 Å². The van der Waals surface area contributed by atoms with Gasteiger partial charge in [0.2, 0.25) is 5.91 Å². The monoisotopic (exact) mass is 474 g/mol. The predicted octanol–water partition coefficient (Wildman–Crippen LogP) is 7.64. The molecule has 4 rings (SSSR count). The molecule has 0 heterocycles. The van der Waals surface area contributed by atoms with E-state index in [2.05, 4.69) is 34.9 Å². The molecule has 0 bridgehead atoms. The van der Waals surface area contributed by atoms with Crippen molar-refractivity contribution in [1.82, 2.24) is 5.32 Å². The first-order valence-corrected chi connectivity index (χ1v) is 13.0. The molecule has 1 aliphatic rings. The van der Waals surface area contributed by atoms with Gasteiger partial charge in [-0.15, -0.1) is 0 Å². The lowest BCUT2D eigenvalue weighted by atomic mass is 9.87. The molecule has 0 aliphatic heterocycles. The van der Waals surface area contributed by atoms with E-state index in [0.717, 1.165) is 47.3 Å². The van der Waals surface area contributed by atoms with Gasteiger partial charge in [0.05, 0.1) is 0 Å². The lowest BCUT2D eigenvalue weighted by Crippen LogP contribution is -2.19. The zero-order valence-electron chi connectivity index (χ0n) is 19.9. The molecule has 0 spiro atoms. The maximum atomic E-state index is 12.4. The Morgan fingerprint density at radius 2 is 1.41 bits per heavy atom. The van der Waals surface area contributed by atoms with Crippen LogP contribution < -0.4 is 10.6 Å². The lowest BCUT2D eigenvalue weighted by Gasteiger charge is -2.21. The summed E-state index contributed by atoms with van der Waals surface area (Å²) in [5.41, 5.74) is 5.51. The fraction of sp³-hybridized carbons (Fsp3) is 0.367. The van der Waals surface area contributed by atoms with E-state index >= 15 is 0 Å². The quantitative estimate of drug-likeness (QED) is 0.296. The van der Waals surface area contributed by atoms with Crippen LogP contribution in [0, 0.1) is 5.92 Å². The van der Waals surface area contributed by atoms with Gasteiger partial charge in [-0.25, -0.2) is 0 Å². The third-order valence-corrected chi connectivity index (χ3v) is 7.05. The van der Waals surface area contributed by atoms with Gasteiger partial charge in [0, 0.05) is 23.7 Å². The summed E-state index contributed by atoms with van der Waals surface area (Å²) in [7, 11) is 0. The van der Waals surface area contributed by atoms with Gasteiger partial charge in [0.1, 0.15) is 0 Å².